The van der Waals surface area contributed by atoms with Crippen LogP contribution < -0.4 is 10.1 Å². The van der Waals surface area contributed by atoms with Crippen LogP contribution in [0.15, 0.2) is 105 Å². The molecule has 1 aliphatic heterocycles. The number of carbonyl (C=O) groups excluding carboxylic acids is 1. The molecule has 222 valence electrons. The molecule has 43 heavy (non-hydrogen) atoms. The van der Waals surface area contributed by atoms with Crippen LogP contribution in [0.25, 0.3) is 0 Å². The summed E-state index contributed by atoms with van der Waals surface area (Å²) in [6.07, 6.45) is -0.152. The second kappa shape index (κ2) is 13.8. The molecule has 2 N–H and O–H groups in total. The van der Waals surface area contributed by atoms with Gasteiger partial charge in [-0.15, -0.1) is 0 Å². The molecule has 1 aliphatic rings. The number of aliphatic imine (C=N–C) groups is 1. The van der Waals surface area contributed by atoms with E-state index in [-0.39, 0.29) is 31.0 Å². The lowest BCUT2D eigenvalue weighted by Gasteiger charge is -2.31. The Labute approximate surface area is 265 Å². The summed E-state index contributed by atoms with van der Waals surface area (Å²) in [7, 11) is 0. The molecule has 10 heteroatoms. The number of hydrogen-bond donors (Lipinski definition) is 2. The molecule has 6 nitrogen and oxygen atoms in total. The van der Waals surface area contributed by atoms with Crippen molar-refractivity contribution in [2.75, 3.05) is 13.2 Å². The summed E-state index contributed by atoms with van der Waals surface area (Å²) in [5, 5.41) is 11.9. The second-order valence-electron chi connectivity index (χ2n) is 10.0. The van der Waals surface area contributed by atoms with Gasteiger partial charge in [0.15, 0.2) is 11.6 Å². The molecule has 4 aromatic rings. The largest absolute Gasteiger partial charge is 0.494 e. The molecule has 5 rings (SSSR count). The molecular weight excluding hydrogens is 686 g/mol. The Morgan fingerprint density at radius 1 is 0.977 bits per heavy atom. The standard InChI is InChI=1S/C33H28Br2F2N2O4/c34-25-11-6-21(7-12-25)30-33(19-23-4-1-2-5-28(23)35,32(41)38-20-24-8-13-26(36)18-29(24)37)39-31(43-30)22-9-14-27(15-10-22)42-17-3-16-40/h1-2,4-15,18,30,40H,3,16-17,19-20H2,(H,38,41)/t30-,33-/m1/s1. The Morgan fingerprint density at radius 3 is 2.42 bits per heavy atom. The first-order chi connectivity index (χ1) is 20.8. The van der Waals surface area contributed by atoms with Crippen LogP contribution in [0, 0.1) is 11.6 Å². The van der Waals surface area contributed by atoms with Crippen molar-refractivity contribution in [2.24, 2.45) is 4.99 Å². The summed E-state index contributed by atoms with van der Waals surface area (Å²) >= 11 is 7.08. The van der Waals surface area contributed by atoms with Gasteiger partial charge in [0.1, 0.15) is 17.4 Å². The maximum atomic E-state index is 14.5. The SMILES string of the molecule is O=C(NCc1ccc(F)cc1F)[C@]1(Cc2ccccc2Br)N=C(c2ccc(OCCCO)cc2)O[C@@H]1c1ccc(Br)cc1. The Bertz CT molecular complexity index is 1620. The summed E-state index contributed by atoms with van der Waals surface area (Å²) in [4.78, 5) is 19.3. The van der Waals surface area contributed by atoms with Crippen molar-refractivity contribution in [3.05, 3.63) is 134 Å². The predicted molar refractivity (Wildman–Crippen MR) is 167 cm³/mol. The van der Waals surface area contributed by atoms with Gasteiger partial charge < -0.3 is 19.9 Å². The maximum absolute atomic E-state index is 14.5. The van der Waals surface area contributed by atoms with Gasteiger partial charge in [-0.1, -0.05) is 68.3 Å². The molecule has 1 heterocycles. The number of carbonyl (C=O) groups is 1. The highest BCUT2D eigenvalue weighted by molar-refractivity contribution is 9.10. The quantitative estimate of drug-likeness (QED) is 0.163. The normalized spacial score (nSPS) is 17.7. The molecular formula is C33H28Br2F2N2O4. The highest BCUT2D eigenvalue weighted by Crippen LogP contribution is 2.43. The zero-order chi connectivity index (χ0) is 30.4. The molecule has 0 spiro atoms. The number of nitrogens with zero attached hydrogens (tertiary/aromatic N) is 1. The van der Waals surface area contributed by atoms with E-state index >= 15 is 0 Å². The first kappa shape index (κ1) is 30.8. The average molecular weight is 714 g/mol. The Balaban J connectivity index is 1.56. The number of aliphatic hydroxyl groups is 1. The van der Waals surface area contributed by atoms with Crippen molar-refractivity contribution >= 4 is 43.7 Å². The minimum absolute atomic E-state index is 0.0374. The fourth-order valence-electron chi connectivity index (χ4n) is 4.85. The number of rotatable bonds is 11. The van der Waals surface area contributed by atoms with Crippen molar-refractivity contribution in [3.63, 3.8) is 0 Å². The molecule has 0 radical (unpaired) electrons. The monoisotopic (exact) mass is 712 g/mol. The number of amides is 1. The van der Waals surface area contributed by atoms with Gasteiger partial charge in [0.25, 0.3) is 5.91 Å². The predicted octanol–water partition coefficient (Wildman–Crippen LogP) is 7.07. The molecule has 4 aromatic carbocycles. The zero-order valence-electron chi connectivity index (χ0n) is 22.9. The lowest BCUT2D eigenvalue weighted by Crippen LogP contribution is -2.49. The topological polar surface area (TPSA) is 80.2 Å². The smallest absolute Gasteiger partial charge is 0.252 e. The van der Waals surface area contributed by atoms with Gasteiger partial charge in [-0.25, -0.2) is 13.8 Å². The molecule has 0 aromatic heterocycles. The van der Waals surface area contributed by atoms with Crippen molar-refractivity contribution in [1.82, 2.24) is 5.32 Å². The molecule has 0 saturated heterocycles. The van der Waals surface area contributed by atoms with E-state index in [1.54, 1.807) is 24.3 Å². The van der Waals surface area contributed by atoms with Crippen LogP contribution in [-0.2, 0) is 22.5 Å². The van der Waals surface area contributed by atoms with E-state index in [1.165, 1.54) is 6.07 Å². The lowest BCUT2D eigenvalue weighted by molar-refractivity contribution is -0.129. The molecule has 0 bridgehead atoms. The van der Waals surface area contributed by atoms with Crippen LogP contribution in [0.1, 0.15) is 34.8 Å². The molecule has 0 fully saturated rings. The van der Waals surface area contributed by atoms with E-state index in [1.807, 2.05) is 48.5 Å². The van der Waals surface area contributed by atoms with Gasteiger partial charge in [0.2, 0.25) is 5.90 Å². The van der Waals surface area contributed by atoms with Gasteiger partial charge in [-0.2, -0.15) is 0 Å². The van der Waals surface area contributed by atoms with Crippen LogP contribution in [0.3, 0.4) is 0 Å². The van der Waals surface area contributed by atoms with E-state index in [0.29, 0.717) is 24.3 Å². The van der Waals surface area contributed by atoms with Crippen molar-refractivity contribution < 1.29 is 28.2 Å². The Hall–Kier alpha value is -3.60. The highest BCUT2D eigenvalue weighted by Gasteiger charge is 2.53. The number of ether oxygens (including phenoxy) is 2. The van der Waals surface area contributed by atoms with E-state index in [0.717, 1.165) is 32.2 Å². The molecule has 0 unspecified atom stereocenters. The summed E-state index contributed by atoms with van der Waals surface area (Å²) in [6, 6.07) is 25.4. The second-order valence-corrected chi connectivity index (χ2v) is 11.8. The summed E-state index contributed by atoms with van der Waals surface area (Å²) < 4.78 is 41.8. The number of benzene rings is 4. The van der Waals surface area contributed by atoms with Gasteiger partial charge in [0, 0.05) is 52.1 Å². The number of aliphatic hydroxyl groups excluding tert-OH is 1. The summed E-state index contributed by atoms with van der Waals surface area (Å²) in [5.74, 6) is -1.03. The van der Waals surface area contributed by atoms with Crippen LogP contribution >= 0.6 is 31.9 Å². The van der Waals surface area contributed by atoms with Crippen LogP contribution in [0.4, 0.5) is 8.78 Å². The third-order valence-corrected chi connectivity index (χ3v) is 8.38. The average Bonchev–Trinajstić information content (AvgIpc) is 3.39. The van der Waals surface area contributed by atoms with Gasteiger partial charge >= 0.3 is 0 Å². The third kappa shape index (κ3) is 7.14. The summed E-state index contributed by atoms with van der Waals surface area (Å²) in [6.45, 7) is 0.249. The van der Waals surface area contributed by atoms with Gasteiger partial charge in [0.05, 0.1) is 6.61 Å². The number of halogens is 4. The fraction of sp³-hybridized carbons (Fsp3) is 0.212. The first-order valence-corrected chi connectivity index (χ1v) is 15.2. The third-order valence-electron chi connectivity index (χ3n) is 7.07. The molecule has 2 atom stereocenters. The molecule has 0 aliphatic carbocycles. The number of nitrogens with one attached hydrogen (secondary N) is 1. The van der Waals surface area contributed by atoms with Crippen molar-refractivity contribution in [1.29, 1.82) is 0 Å². The van der Waals surface area contributed by atoms with Crippen molar-refractivity contribution in [2.45, 2.75) is 31.0 Å². The van der Waals surface area contributed by atoms with Crippen LogP contribution in [0.5, 0.6) is 5.75 Å². The first-order valence-electron chi connectivity index (χ1n) is 13.6. The van der Waals surface area contributed by atoms with E-state index in [9.17, 15) is 13.6 Å². The molecule has 1 amide bonds. The van der Waals surface area contributed by atoms with E-state index in [4.69, 9.17) is 19.6 Å². The van der Waals surface area contributed by atoms with E-state index in [2.05, 4.69) is 37.2 Å². The minimum Gasteiger partial charge on any atom is -0.494 e. The maximum Gasteiger partial charge on any atom is 0.252 e. The van der Waals surface area contributed by atoms with Gasteiger partial charge in [-0.3, -0.25) is 4.79 Å². The Morgan fingerprint density at radius 2 is 1.72 bits per heavy atom. The van der Waals surface area contributed by atoms with E-state index < -0.39 is 29.2 Å². The van der Waals surface area contributed by atoms with Crippen LogP contribution in [-0.4, -0.2) is 35.7 Å². The van der Waals surface area contributed by atoms with Crippen molar-refractivity contribution in [3.8, 4) is 5.75 Å². The number of hydrogen-bond acceptors (Lipinski definition) is 5. The fourth-order valence-corrected chi connectivity index (χ4v) is 5.53. The zero-order valence-corrected chi connectivity index (χ0v) is 26.1. The Kier molecular flexibility index (Phi) is 9.90. The minimum atomic E-state index is -1.49. The highest BCUT2D eigenvalue weighted by atomic mass is 79.9. The summed E-state index contributed by atoms with van der Waals surface area (Å²) in [5.41, 5.74) is 0.851. The molecule has 0 saturated carbocycles. The lowest BCUT2D eigenvalue weighted by atomic mass is 9.82. The van der Waals surface area contributed by atoms with Gasteiger partial charge in [-0.05, 0) is 59.7 Å². The van der Waals surface area contributed by atoms with Crippen LogP contribution in [0.2, 0.25) is 0 Å².